The Bertz CT molecular complexity index is 768. The summed E-state index contributed by atoms with van der Waals surface area (Å²) in [6, 6.07) is 14.6. The van der Waals surface area contributed by atoms with Crippen molar-refractivity contribution in [2.24, 2.45) is 0 Å². The van der Waals surface area contributed by atoms with Crippen LogP contribution in [0.1, 0.15) is 5.56 Å². The molecule has 3 aromatic rings. The molecule has 0 fully saturated rings. The highest BCUT2D eigenvalue weighted by Crippen LogP contribution is 2.23. The molecule has 0 aliphatic carbocycles. The number of rotatable bonds is 5. The van der Waals surface area contributed by atoms with Gasteiger partial charge in [-0.15, -0.1) is 0 Å². The van der Waals surface area contributed by atoms with Gasteiger partial charge in [-0.05, 0) is 29.8 Å². The van der Waals surface area contributed by atoms with Gasteiger partial charge in [0, 0.05) is 5.69 Å². The normalized spacial score (nSPS) is 10.8. The Balaban J connectivity index is 1.59. The van der Waals surface area contributed by atoms with Gasteiger partial charge in [0.05, 0.1) is 12.4 Å². The lowest BCUT2D eigenvalue weighted by Gasteiger charge is -2.05. The summed E-state index contributed by atoms with van der Waals surface area (Å²) >= 11 is 1.24. The number of carbonyl (C=O) groups excluding carboxylic acids is 1. The van der Waals surface area contributed by atoms with E-state index in [4.69, 9.17) is 9.52 Å². The van der Waals surface area contributed by atoms with Crippen LogP contribution in [0.3, 0.4) is 0 Å². The molecular weight excluding hydrogens is 300 g/mol. The van der Waals surface area contributed by atoms with Crippen molar-refractivity contribution in [3.8, 4) is 0 Å². The van der Waals surface area contributed by atoms with Crippen LogP contribution in [0, 0.1) is 0 Å². The highest BCUT2D eigenvalue weighted by molar-refractivity contribution is 7.99. The Morgan fingerprint density at radius 2 is 2.09 bits per heavy atom. The fraction of sp³-hybridized carbons (Fsp3) is 0.125. The number of para-hydroxylation sites is 2. The molecule has 1 heterocycles. The molecule has 0 aliphatic heterocycles. The van der Waals surface area contributed by atoms with Crippen LogP contribution in [0.25, 0.3) is 11.1 Å². The number of fused-ring (bicyclic) bond motifs is 1. The summed E-state index contributed by atoms with van der Waals surface area (Å²) in [4.78, 5) is 16.2. The lowest BCUT2D eigenvalue weighted by atomic mass is 10.2. The molecule has 0 saturated heterocycles. The first-order chi connectivity index (χ1) is 10.7. The number of nitrogens with one attached hydrogen (secondary N) is 1. The molecule has 0 unspecified atom stereocenters. The third-order valence-corrected chi connectivity index (χ3v) is 3.82. The number of aliphatic hydroxyl groups is 1. The van der Waals surface area contributed by atoms with Crippen molar-refractivity contribution in [3.05, 3.63) is 54.1 Å². The maximum Gasteiger partial charge on any atom is 0.257 e. The minimum Gasteiger partial charge on any atom is -0.431 e. The van der Waals surface area contributed by atoms with E-state index < -0.39 is 0 Å². The Labute approximate surface area is 131 Å². The maximum absolute atomic E-state index is 11.9. The van der Waals surface area contributed by atoms with E-state index in [2.05, 4.69) is 10.3 Å². The molecule has 3 rings (SSSR count). The number of aromatic nitrogens is 1. The smallest absolute Gasteiger partial charge is 0.257 e. The van der Waals surface area contributed by atoms with Gasteiger partial charge in [0.2, 0.25) is 5.91 Å². The molecule has 0 saturated carbocycles. The molecule has 22 heavy (non-hydrogen) atoms. The van der Waals surface area contributed by atoms with Crippen molar-refractivity contribution in [3.63, 3.8) is 0 Å². The van der Waals surface area contributed by atoms with Gasteiger partial charge in [0.15, 0.2) is 5.58 Å². The minimum atomic E-state index is -0.151. The number of aliphatic hydroxyl groups excluding tert-OH is 1. The summed E-state index contributed by atoms with van der Waals surface area (Å²) in [6.07, 6.45) is 0. The second-order valence-electron chi connectivity index (χ2n) is 4.64. The van der Waals surface area contributed by atoms with Gasteiger partial charge in [0.1, 0.15) is 5.52 Å². The number of nitrogens with zero attached hydrogens (tertiary/aromatic N) is 1. The first-order valence-corrected chi connectivity index (χ1v) is 7.71. The summed E-state index contributed by atoms with van der Waals surface area (Å²) in [5, 5.41) is 12.3. The number of carbonyl (C=O) groups is 1. The van der Waals surface area contributed by atoms with Gasteiger partial charge in [-0.1, -0.05) is 36.0 Å². The summed E-state index contributed by atoms with van der Waals surface area (Å²) in [5.74, 6) is 0.0539. The second-order valence-corrected chi connectivity index (χ2v) is 5.57. The molecule has 0 radical (unpaired) electrons. The highest BCUT2D eigenvalue weighted by Gasteiger charge is 2.09. The average molecular weight is 314 g/mol. The third kappa shape index (κ3) is 3.47. The van der Waals surface area contributed by atoms with Crippen LogP contribution in [-0.2, 0) is 11.4 Å². The van der Waals surface area contributed by atoms with E-state index in [-0.39, 0.29) is 18.3 Å². The molecule has 0 bridgehead atoms. The van der Waals surface area contributed by atoms with Crippen molar-refractivity contribution in [1.29, 1.82) is 0 Å². The molecule has 2 aromatic carbocycles. The predicted molar refractivity (Wildman–Crippen MR) is 85.7 cm³/mol. The van der Waals surface area contributed by atoms with Crippen LogP contribution in [0.5, 0.6) is 0 Å². The minimum absolute atomic E-state index is 0.0542. The van der Waals surface area contributed by atoms with E-state index >= 15 is 0 Å². The first-order valence-electron chi connectivity index (χ1n) is 6.72. The standard InChI is InChI=1S/C16H14N2O3S/c19-9-11-4-3-5-12(8-11)17-15(20)10-22-16-18-13-6-1-2-7-14(13)21-16/h1-8,19H,9-10H2,(H,17,20). The molecule has 1 aromatic heterocycles. The number of anilines is 1. The van der Waals surface area contributed by atoms with Crippen LogP contribution in [-0.4, -0.2) is 21.8 Å². The lowest BCUT2D eigenvalue weighted by Crippen LogP contribution is -2.14. The summed E-state index contributed by atoms with van der Waals surface area (Å²) in [5.41, 5.74) is 2.90. The van der Waals surface area contributed by atoms with E-state index in [9.17, 15) is 4.79 Å². The van der Waals surface area contributed by atoms with Gasteiger partial charge in [-0.2, -0.15) is 0 Å². The van der Waals surface area contributed by atoms with Crippen molar-refractivity contribution >= 4 is 34.5 Å². The molecule has 5 nitrogen and oxygen atoms in total. The largest absolute Gasteiger partial charge is 0.431 e. The van der Waals surface area contributed by atoms with Crippen molar-refractivity contribution in [2.75, 3.05) is 11.1 Å². The van der Waals surface area contributed by atoms with Gasteiger partial charge in [-0.3, -0.25) is 4.79 Å². The summed E-state index contributed by atoms with van der Waals surface area (Å²) in [7, 11) is 0. The van der Waals surface area contributed by atoms with Gasteiger partial charge < -0.3 is 14.8 Å². The molecule has 1 amide bonds. The van der Waals surface area contributed by atoms with E-state index in [0.29, 0.717) is 16.5 Å². The third-order valence-electron chi connectivity index (χ3n) is 2.99. The van der Waals surface area contributed by atoms with Crippen molar-refractivity contribution in [2.45, 2.75) is 11.8 Å². The van der Waals surface area contributed by atoms with Gasteiger partial charge >= 0.3 is 0 Å². The zero-order valence-electron chi connectivity index (χ0n) is 11.7. The van der Waals surface area contributed by atoms with Crippen LogP contribution in [0.15, 0.2) is 58.2 Å². The van der Waals surface area contributed by atoms with Crippen molar-refractivity contribution < 1.29 is 14.3 Å². The highest BCUT2D eigenvalue weighted by atomic mass is 32.2. The monoisotopic (exact) mass is 314 g/mol. The first kappa shape index (κ1) is 14.6. The van der Waals surface area contributed by atoms with Crippen LogP contribution >= 0.6 is 11.8 Å². The zero-order valence-corrected chi connectivity index (χ0v) is 12.5. The second kappa shape index (κ2) is 6.64. The quantitative estimate of drug-likeness (QED) is 0.708. The van der Waals surface area contributed by atoms with E-state index in [1.165, 1.54) is 11.8 Å². The number of thioether (sulfide) groups is 1. The Morgan fingerprint density at radius 1 is 1.23 bits per heavy atom. The zero-order chi connectivity index (χ0) is 15.4. The van der Waals surface area contributed by atoms with Gasteiger partial charge in [0.25, 0.3) is 5.22 Å². The topological polar surface area (TPSA) is 75.4 Å². The molecular formula is C16H14N2O3S. The number of benzene rings is 2. The van der Waals surface area contributed by atoms with Crippen LogP contribution in [0.2, 0.25) is 0 Å². The molecule has 112 valence electrons. The van der Waals surface area contributed by atoms with Crippen molar-refractivity contribution in [1.82, 2.24) is 4.98 Å². The van der Waals surface area contributed by atoms with E-state index in [1.807, 2.05) is 24.3 Å². The fourth-order valence-corrected chi connectivity index (χ4v) is 2.62. The number of hydrogen-bond acceptors (Lipinski definition) is 5. The van der Waals surface area contributed by atoms with E-state index in [0.717, 1.165) is 11.1 Å². The summed E-state index contributed by atoms with van der Waals surface area (Å²) in [6.45, 7) is -0.0542. The van der Waals surface area contributed by atoms with Gasteiger partial charge in [-0.25, -0.2) is 4.98 Å². The molecule has 0 atom stereocenters. The fourth-order valence-electron chi connectivity index (χ4n) is 1.98. The summed E-state index contributed by atoms with van der Waals surface area (Å²) < 4.78 is 5.54. The number of amides is 1. The maximum atomic E-state index is 11.9. The predicted octanol–water partition coefficient (Wildman–Crippen LogP) is 3.05. The molecule has 0 spiro atoms. The lowest BCUT2D eigenvalue weighted by molar-refractivity contribution is -0.113. The Kier molecular flexibility index (Phi) is 4.41. The average Bonchev–Trinajstić information content (AvgIpc) is 2.96. The molecule has 6 heteroatoms. The van der Waals surface area contributed by atoms with E-state index in [1.54, 1.807) is 24.3 Å². The number of hydrogen-bond donors (Lipinski definition) is 2. The Morgan fingerprint density at radius 3 is 2.91 bits per heavy atom. The van der Waals surface area contributed by atoms with Crippen LogP contribution in [0.4, 0.5) is 5.69 Å². The SMILES string of the molecule is O=C(CSc1nc2ccccc2o1)Nc1cccc(CO)c1. The Hall–Kier alpha value is -2.31. The number of oxazole rings is 1. The molecule has 0 aliphatic rings. The van der Waals surface area contributed by atoms with Crippen LogP contribution < -0.4 is 5.32 Å². The molecule has 2 N–H and O–H groups in total.